The minimum absolute atomic E-state index is 0.0556. The molecule has 9 heteroatoms. The zero-order valence-electron chi connectivity index (χ0n) is 16.7. The Kier molecular flexibility index (Phi) is 6.84. The highest BCUT2D eigenvalue weighted by Gasteiger charge is 2.22. The van der Waals surface area contributed by atoms with Gasteiger partial charge < -0.3 is 19.3 Å². The Labute approximate surface area is 173 Å². The largest absolute Gasteiger partial charge is 0.484 e. The van der Waals surface area contributed by atoms with Crippen LogP contribution in [0.4, 0.5) is 11.4 Å². The smallest absolute Gasteiger partial charge is 0.338 e. The van der Waals surface area contributed by atoms with E-state index in [1.54, 1.807) is 48.2 Å². The zero-order chi connectivity index (χ0) is 21.5. The number of esters is 1. The highest BCUT2D eigenvalue weighted by atomic mass is 16.6. The first-order valence-corrected chi connectivity index (χ1v) is 9.65. The normalized spacial score (nSPS) is 13.6. The predicted molar refractivity (Wildman–Crippen MR) is 110 cm³/mol. The molecule has 9 nitrogen and oxygen atoms in total. The van der Waals surface area contributed by atoms with Gasteiger partial charge in [-0.25, -0.2) is 4.79 Å². The molecule has 0 atom stereocenters. The van der Waals surface area contributed by atoms with Gasteiger partial charge in [-0.1, -0.05) is 0 Å². The van der Waals surface area contributed by atoms with E-state index in [2.05, 4.69) is 4.90 Å². The molecule has 0 aliphatic carbocycles. The maximum atomic E-state index is 12.4. The summed E-state index contributed by atoms with van der Waals surface area (Å²) in [5, 5.41) is 10.8. The summed E-state index contributed by atoms with van der Waals surface area (Å²) in [5.41, 5.74) is 1.38. The number of amides is 1. The molecule has 1 heterocycles. The molecule has 1 amide bonds. The van der Waals surface area contributed by atoms with Crippen molar-refractivity contribution in [3.8, 4) is 5.75 Å². The minimum atomic E-state index is -0.426. The second-order valence-electron chi connectivity index (χ2n) is 6.67. The van der Waals surface area contributed by atoms with Crippen LogP contribution in [-0.2, 0) is 9.53 Å². The fourth-order valence-electron chi connectivity index (χ4n) is 3.14. The topological polar surface area (TPSA) is 102 Å². The van der Waals surface area contributed by atoms with Gasteiger partial charge in [-0.3, -0.25) is 14.9 Å². The van der Waals surface area contributed by atoms with Crippen molar-refractivity contribution in [2.75, 3.05) is 44.3 Å². The Balaban J connectivity index is 1.46. The third-order valence-corrected chi connectivity index (χ3v) is 4.79. The zero-order valence-corrected chi connectivity index (χ0v) is 16.7. The van der Waals surface area contributed by atoms with Gasteiger partial charge in [0.2, 0.25) is 0 Å². The molecule has 158 valence electrons. The van der Waals surface area contributed by atoms with E-state index in [9.17, 15) is 19.7 Å². The fourth-order valence-corrected chi connectivity index (χ4v) is 3.14. The highest BCUT2D eigenvalue weighted by Crippen LogP contribution is 2.21. The summed E-state index contributed by atoms with van der Waals surface area (Å²) in [6.45, 7) is 4.32. The molecule has 2 aromatic carbocycles. The average Bonchev–Trinajstić information content (AvgIpc) is 2.78. The number of ether oxygens (including phenoxy) is 2. The lowest BCUT2D eigenvalue weighted by molar-refractivity contribution is -0.384. The highest BCUT2D eigenvalue weighted by molar-refractivity contribution is 5.89. The summed E-state index contributed by atoms with van der Waals surface area (Å²) < 4.78 is 10.5. The van der Waals surface area contributed by atoms with E-state index in [1.807, 2.05) is 0 Å². The Morgan fingerprint density at radius 1 is 1.00 bits per heavy atom. The van der Waals surface area contributed by atoms with Gasteiger partial charge in [0.05, 0.1) is 17.1 Å². The van der Waals surface area contributed by atoms with Crippen molar-refractivity contribution in [3.63, 3.8) is 0 Å². The summed E-state index contributed by atoms with van der Waals surface area (Å²) in [4.78, 5) is 38.2. The van der Waals surface area contributed by atoms with E-state index in [1.165, 1.54) is 12.1 Å². The van der Waals surface area contributed by atoms with Crippen LogP contribution >= 0.6 is 0 Å². The van der Waals surface area contributed by atoms with Crippen molar-refractivity contribution in [1.82, 2.24) is 4.90 Å². The predicted octanol–water partition coefficient (Wildman–Crippen LogP) is 2.50. The van der Waals surface area contributed by atoms with Crippen molar-refractivity contribution >= 4 is 23.3 Å². The van der Waals surface area contributed by atoms with Crippen LogP contribution in [0.25, 0.3) is 0 Å². The third kappa shape index (κ3) is 5.25. The van der Waals surface area contributed by atoms with Crippen molar-refractivity contribution < 1.29 is 24.0 Å². The lowest BCUT2D eigenvalue weighted by Gasteiger charge is -2.36. The van der Waals surface area contributed by atoms with Gasteiger partial charge in [0, 0.05) is 44.0 Å². The summed E-state index contributed by atoms with van der Waals surface area (Å²) in [6, 6.07) is 12.9. The summed E-state index contributed by atoms with van der Waals surface area (Å²) >= 11 is 0. The molecule has 0 N–H and O–H groups in total. The number of hydrogen-bond acceptors (Lipinski definition) is 7. The van der Waals surface area contributed by atoms with Crippen LogP contribution in [0.1, 0.15) is 17.3 Å². The number of nitro benzene ring substituents is 1. The second kappa shape index (κ2) is 9.73. The molecule has 0 unspecified atom stereocenters. The van der Waals surface area contributed by atoms with E-state index in [0.717, 1.165) is 5.69 Å². The fraction of sp³-hybridized carbons (Fsp3) is 0.333. The first-order chi connectivity index (χ1) is 14.5. The number of carbonyl (C=O) groups excluding carboxylic acids is 2. The number of non-ortho nitro benzene ring substituents is 1. The molecule has 0 aromatic heterocycles. The lowest BCUT2D eigenvalue weighted by atomic mass is 10.2. The Bertz CT molecular complexity index is 890. The molecule has 30 heavy (non-hydrogen) atoms. The third-order valence-electron chi connectivity index (χ3n) is 4.79. The average molecular weight is 413 g/mol. The lowest BCUT2D eigenvalue weighted by Crippen LogP contribution is -2.50. The van der Waals surface area contributed by atoms with Crippen LogP contribution < -0.4 is 9.64 Å². The Morgan fingerprint density at radius 2 is 1.63 bits per heavy atom. The van der Waals surface area contributed by atoms with E-state index in [-0.39, 0.29) is 18.2 Å². The van der Waals surface area contributed by atoms with Crippen LogP contribution in [0, 0.1) is 10.1 Å². The van der Waals surface area contributed by atoms with Crippen molar-refractivity contribution in [2.24, 2.45) is 0 Å². The number of rotatable bonds is 7. The number of piperazine rings is 1. The Morgan fingerprint density at radius 3 is 2.20 bits per heavy atom. The number of anilines is 1. The number of benzene rings is 2. The first kappa shape index (κ1) is 21.1. The molecular formula is C21H23N3O6. The van der Waals surface area contributed by atoms with E-state index in [0.29, 0.717) is 44.1 Å². The van der Waals surface area contributed by atoms with Gasteiger partial charge in [-0.05, 0) is 43.3 Å². The molecule has 0 bridgehead atoms. The van der Waals surface area contributed by atoms with Crippen molar-refractivity contribution in [2.45, 2.75) is 6.92 Å². The molecule has 1 aliphatic heterocycles. The molecule has 0 spiro atoms. The summed E-state index contributed by atoms with van der Waals surface area (Å²) in [6.07, 6.45) is 0. The van der Waals surface area contributed by atoms with Crippen LogP contribution in [0.5, 0.6) is 5.75 Å². The maximum Gasteiger partial charge on any atom is 0.338 e. The van der Waals surface area contributed by atoms with Gasteiger partial charge in [0.15, 0.2) is 6.61 Å². The number of nitrogens with zero attached hydrogens (tertiary/aromatic N) is 3. The van der Waals surface area contributed by atoms with Gasteiger partial charge in [-0.2, -0.15) is 0 Å². The van der Waals surface area contributed by atoms with Crippen molar-refractivity contribution in [1.29, 1.82) is 0 Å². The monoisotopic (exact) mass is 413 g/mol. The van der Waals surface area contributed by atoms with Crippen LogP contribution in [0.15, 0.2) is 48.5 Å². The summed E-state index contributed by atoms with van der Waals surface area (Å²) in [5.74, 6) is -0.0141. The van der Waals surface area contributed by atoms with Gasteiger partial charge in [0.25, 0.3) is 11.6 Å². The van der Waals surface area contributed by atoms with Crippen molar-refractivity contribution in [3.05, 3.63) is 64.2 Å². The molecule has 1 fully saturated rings. The number of nitro groups is 1. The van der Waals surface area contributed by atoms with Gasteiger partial charge in [0.1, 0.15) is 5.75 Å². The Hall–Kier alpha value is -3.62. The van der Waals surface area contributed by atoms with Gasteiger partial charge in [-0.15, -0.1) is 0 Å². The molecular weight excluding hydrogens is 390 g/mol. The molecule has 0 saturated carbocycles. The number of carbonyl (C=O) groups is 2. The quantitative estimate of drug-likeness (QED) is 0.390. The summed E-state index contributed by atoms with van der Waals surface area (Å²) in [7, 11) is 0. The maximum absolute atomic E-state index is 12.4. The molecule has 1 saturated heterocycles. The molecule has 2 aromatic rings. The van der Waals surface area contributed by atoms with E-state index < -0.39 is 10.9 Å². The molecule has 3 rings (SSSR count). The molecule has 1 aliphatic rings. The van der Waals surface area contributed by atoms with E-state index >= 15 is 0 Å². The van der Waals surface area contributed by atoms with Crippen LogP contribution in [-0.4, -0.2) is 61.1 Å². The first-order valence-electron chi connectivity index (χ1n) is 9.65. The van der Waals surface area contributed by atoms with Gasteiger partial charge >= 0.3 is 5.97 Å². The minimum Gasteiger partial charge on any atom is -0.484 e. The standard InChI is InChI=1S/C21H23N3O6/c1-2-29-21(26)16-3-9-19(10-4-16)30-15-20(25)23-13-11-22(12-14-23)17-5-7-18(8-6-17)24(27)28/h3-10H,2,11-15H2,1H3. The SMILES string of the molecule is CCOC(=O)c1ccc(OCC(=O)N2CCN(c3ccc([N+](=O)[O-])cc3)CC2)cc1. The van der Waals surface area contributed by atoms with Crippen LogP contribution in [0.3, 0.4) is 0 Å². The van der Waals surface area contributed by atoms with E-state index in [4.69, 9.17) is 9.47 Å². The van der Waals surface area contributed by atoms with Crippen LogP contribution in [0.2, 0.25) is 0 Å². The second-order valence-corrected chi connectivity index (χ2v) is 6.67. The number of hydrogen-bond donors (Lipinski definition) is 0. The molecule has 0 radical (unpaired) electrons.